The van der Waals surface area contributed by atoms with Crippen LogP contribution in [0.15, 0.2) is 24.3 Å². The molecule has 1 aromatic rings. The Morgan fingerprint density at radius 2 is 2.07 bits per heavy atom. The number of aliphatic hydroxyl groups excluding tert-OH is 1. The monoisotopic (exact) mass is 378 g/mol. The first kappa shape index (κ1) is 21.2. The lowest BCUT2D eigenvalue weighted by Gasteiger charge is -2.42. The SMILES string of the molecule is CCN(CCO)C(=O)[C@@H]1CCC(=O)N(CCOC)[C@H]1c1ccccc1OC. The van der Waals surface area contributed by atoms with Gasteiger partial charge < -0.3 is 24.4 Å². The molecule has 2 atom stereocenters. The van der Waals surface area contributed by atoms with Gasteiger partial charge >= 0.3 is 0 Å². The highest BCUT2D eigenvalue weighted by molar-refractivity contribution is 5.85. The van der Waals surface area contributed by atoms with E-state index in [2.05, 4.69) is 0 Å². The van der Waals surface area contributed by atoms with Gasteiger partial charge in [-0.15, -0.1) is 0 Å². The quantitative estimate of drug-likeness (QED) is 0.704. The van der Waals surface area contributed by atoms with Crippen LogP contribution in [-0.2, 0) is 14.3 Å². The zero-order chi connectivity index (χ0) is 19.8. The number of likely N-dealkylation sites (N-methyl/N-ethyl adjacent to an activating group) is 1. The third-order valence-corrected chi connectivity index (χ3v) is 5.08. The molecule has 0 saturated carbocycles. The molecule has 2 amide bonds. The van der Waals surface area contributed by atoms with Crippen molar-refractivity contribution in [1.29, 1.82) is 0 Å². The number of benzene rings is 1. The molecule has 1 aromatic carbocycles. The molecule has 1 aliphatic heterocycles. The summed E-state index contributed by atoms with van der Waals surface area (Å²) in [4.78, 5) is 29.3. The van der Waals surface area contributed by atoms with E-state index >= 15 is 0 Å². The van der Waals surface area contributed by atoms with Gasteiger partial charge in [0.25, 0.3) is 0 Å². The number of aliphatic hydroxyl groups is 1. The standard InChI is InChI=1S/C20H30N2O5/c1-4-21(11-13-23)20(25)16-9-10-18(24)22(12-14-26-2)19(16)15-7-5-6-8-17(15)27-3/h5-8,16,19,23H,4,9-14H2,1-3H3/t16-,19+/m1/s1. The molecule has 0 spiro atoms. The number of hydrogen-bond donors (Lipinski definition) is 1. The smallest absolute Gasteiger partial charge is 0.228 e. The molecule has 0 bridgehead atoms. The number of ether oxygens (including phenoxy) is 2. The summed E-state index contributed by atoms with van der Waals surface area (Å²) in [6, 6.07) is 7.09. The molecule has 150 valence electrons. The minimum Gasteiger partial charge on any atom is -0.496 e. The molecule has 1 N–H and O–H groups in total. The Bertz CT molecular complexity index is 637. The minimum absolute atomic E-state index is 0.0113. The molecule has 2 rings (SSSR count). The lowest BCUT2D eigenvalue weighted by molar-refractivity contribution is -0.149. The molecule has 27 heavy (non-hydrogen) atoms. The van der Waals surface area contributed by atoms with E-state index in [0.29, 0.717) is 38.3 Å². The normalized spacial score (nSPS) is 19.9. The van der Waals surface area contributed by atoms with Gasteiger partial charge in [-0.05, 0) is 19.4 Å². The highest BCUT2D eigenvalue weighted by Gasteiger charge is 2.42. The Morgan fingerprint density at radius 3 is 2.70 bits per heavy atom. The van der Waals surface area contributed by atoms with Crippen LogP contribution in [0, 0.1) is 5.92 Å². The number of para-hydroxylation sites is 1. The highest BCUT2D eigenvalue weighted by Crippen LogP contribution is 2.41. The Morgan fingerprint density at radius 1 is 1.33 bits per heavy atom. The van der Waals surface area contributed by atoms with Gasteiger partial charge in [0.2, 0.25) is 11.8 Å². The number of carbonyl (C=O) groups excluding carboxylic acids is 2. The van der Waals surface area contributed by atoms with E-state index in [-0.39, 0.29) is 30.9 Å². The van der Waals surface area contributed by atoms with Gasteiger partial charge in [0.05, 0.1) is 32.3 Å². The summed E-state index contributed by atoms with van der Waals surface area (Å²) in [7, 11) is 3.18. The molecule has 0 aromatic heterocycles. The van der Waals surface area contributed by atoms with E-state index in [4.69, 9.17) is 9.47 Å². The van der Waals surface area contributed by atoms with E-state index in [9.17, 15) is 14.7 Å². The highest BCUT2D eigenvalue weighted by atomic mass is 16.5. The van der Waals surface area contributed by atoms with E-state index in [0.717, 1.165) is 5.56 Å². The van der Waals surface area contributed by atoms with Crippen molar-refractivity contribution in [3.63, 3.8) is 0 Å². The first-order chi connectivity index (χ1) is 13.1. The van der Waals surface area contributed by atoms with E-state index in [1.807, 2.05) is 31.2 Å². The number of amides is 2. The first-order valence-electron chi connectivity index (χ1n) is 9.39. The van der Waals surface area contributed by atoms with Crippen LogP contribution in [-0.4, -0.2) is 73.8 Å². The number of nitrogens with zero attached hydrogens (tertiary/aromatic N) is 2. The lowest BCUT2D eigenvalue weighted by Crippen LogP contribution is -2.50. The van der Waals surface area contributed by atoms with Crippen LogP contribution in [0.2, 0.25) is 0 Å². The second-order valence-electron chi connectivity index (χ2n) is 6.55. The largest absolute Gasteiger partial charge is 0.496 e. The number of methoxy groups -OCH3 is 2. The first-order valence-corrected chi connectivity index (χ1v) is 9.39. The summed E-state index contributed by atoms with van der Waals surface area (Å²) in [5, 5.41) is 9.30. The second kappa shape index (κ2) is 10.3. The molecule has 0 unspecified atom stereocenters. The molecular weight excluding hydrogens is 348 g/mol. The molecule has 1 fully saturated rings. The predicted octanol–water partition coefficient (Wildman–Crippen LogP) is 1.46. The molecule has 7 nitrogen and oxygen atoms in total. The van der Waals surface area contributed by atoms with Crippen molar-refractivity contribution in [3.05, 3.63) is 29.8 Å². The average Bonchev–Trinajstić information content (AvgIpc) is 2.70. The zero-order valence-electron chi connectivity index (χ0n) is 16.4. The summed E-state index contributed by atoms with van der Waals surface area (Å²) in [5.74, 6) is 0.236. The Balaban J connectivity index is 2.46. The van der Waals surface area contributed by atoms with Gasteiger partial charge in [-0.1, -0.05) is 18.2 Å². The number of rotatable bonds is 9. The maximum atomic E-state index is 13.2. The van der Waals surface area contributed by atoms with Crippen LogP contribution in [0.1, 0.15) is 31.4 Å². The van der Waals surface area contributed by atoms with Gasteiger partial charge in [0, 0.05) is 38.7 Å². The summed E-state index contributed by atoms with van der Waals surface area (Å²) >= 11 is 0. The van der Waals surface area contributed by atoms with Gasteiger partial charge in [-0.25, -0.2) is 0 Å². The fourth-order valence-corrected chi connectivity index (χ4v) is 3.74. The van der Waals surface area contributed by atoms with Crippen LogP contribution >= 0.6 is 0 Å². The van der Waals surface area contributed by atoms with Gasteiger partial charge in [-0.2, -0.15) is 0 Å². The lowest BCUT2D eigenvalue weighted by atomic mass is 9.82. The van der Waals surface area contributed by atoms with E-state index in [1.165, 1.54) is 0 Å². The van der Waals surface area contributed by atoms with E-state index in [1.54, 1.807) is 24.0 Å². The number of hydrogen-bond acceptors (Lipinski definition) is 5. The fraction of sp³-hybridized carbons (Fsp3) is 0.600. The van der Waals surface area contributed by atoms with Crippen LogP contribution in [0.5, 0.6) is 5.75 Å². The topological polar surface area (TPSA) is 79.3 Å². The molecule has 1 heterocycles. The Labute approximate surface area is 160 Å². The van der Waals surface area contributed by atoms with Crippen molar-refractivity contribution < 1.29 is 24.2 Å². The zero-order valence-corrected chi connectivity index (χ0v) is 16.4. The maximum Gasteiger partial charge on any atom is 0.228 e. The number of piperidine rings is 1. The number of carbonyl (C=O) groups is 2. The van der Waals surface area contributed by atoms with Crippen molar-refractivity contribution in [1.82, 2.24) is 9.80 Å². The van der Waals surface area contributed by atoms with E-state index < -0.39 is 6.04 Å². The number of likely N-dealkylation sites (tertiary alicyclic amines) is 1. The van der Waals surface area contributed by atoms with Crippen LogP contribution in [0.3, 0.4) is 0 Å². The average molecular weight is 378 g/mol. The minimum atomic E-state index is -0.419. The molecular formula is C20H30N2O5. The summed E-state index contributed by atoms with van der Waals surface area (Å²) in [6.45, 7) is 3.41. The van der Waals surface area contributed by atoms with Gasteiger partial charge in [0.15, 0.2) is 0 Å². The fourth-order valence-electron chi connectivity index (χ4n) is 3.74. The maximum absolute atomic E-state index is 13.2. The molecule has 7 heteroatoms. The van der Waals surface area contributed by atoms with Crippen molar-refractivity contribution in [2.75, 3.05) is 47.1 Å². The van der Waals surface area contributed by atoms with Gasteiger partial charge in [-0.3, -0.25) is 9.59 Å². The predicted molar refractivity (Wildman–Crippen MR) is 101 cm³/mol. The van der Waals surface area contributed by atoms with Crippen molar-refractivity contribution in [2.45, 2.75) is 25.8 Å². The van der Waals surface area contributed by atoms with Crippen molar-refractivity contribution in [3.8, 4) is 5.75 Å². The Kier molecular flexibility index (Phi) is 8.06. The van der Waals surface area contributed by atoms with Gasteiger partial charge in [0.1, 0.15) is 5.75 Å². The van der Waals surface area contributed by atoms with Crippen LogP contribution < -0.4 is 4.74 Å². The molecule has 1 aliphatic rings. The third kappa shape index (κ3) is 4.78. The molecule has 0 radical (unpaired) electrons. The third-order valence-electron chi connectivity index (χ3n) is 5.08. The van der Waals surface area contributed by atoms with Crippen LogP contribution in [0.4, 0.5) is 0 Å². The summed E-state index contributed by atoms with van der Waals surface area (Å²) in [5.41, 5.74) is 0.822. The van der Waals surface area contributed by atoms with Crippen molar-refractivity contribution >= 4 is 11.8 Å². The molecule has 0 aliphatic carbocycles. The van der Waals surface area contributed by atoms with Crippen LogP contribution in [0.25, 0.3) is 0 Å². The van der Waals surface area contributed by atoms with Crippen molar-refractivity contribution in [2.24, 2.45) is 5.92 Å². The summed E-state index contributed by atoms with van der Waals surface area (Å²) < 4.78 is 10.7. The summed E-state index contributed by atoms with van der Waals surface area (Å²) in [6.07, 6.45) is 0.800. The Hall–Kier alpha value is -2.12. The second-order valence-corrected chi connectivity index (χ2v) is 6.55. The molecule has 1 saturated heterocycles.